The zero-order valence-corrected chi connectivity index (χ0v) is 11.2. The summed E-state index contributed by atoms with van der Waals surface area (Å²) in [5, 5.41) is 18.8. The number of phenols is 2. The van der Waals surface area contributed by atoms with Crippen molar-refractivity contribution in [2.24, 2.45) is 0 Å². The van der Waals surface area contributed by atoms with Crippen molar-refractivity contribution in [2.45, 2.75) is 0 Å². The van der Waals surface area contributed by atoms with Gasteiger partial charge in [-0.1, -0.05) is 30.3 Å². The van der Waals surface area contributed by atoms with Gasteiger partial charge in [0.05, 0.1) is 0 Å². The molecule has 0 aromatic heterocycles. The van der Waals surface area contributed by atoms with Crippen molar-refractivity contribution in [1.29, 1.82) is 0 Å². The predicted octanol–water partition coefficient (Wildman–Crippen LogP) is 4.56. The molecule has 3 rings (SSSR count). The zero-order valence-electron chi connectivity index (χ0n) is 11.2. The maximum absolute atomic E-state index is 9.45. The standard InChI is InChI=1S/C18H14O3/c19-15-9-7-13(8-10-15)14-3-1-5-17(11-14)21-18-6-2-4-16(20)12-18/h1-12,19-20H. The van der Waals surface area contributed by atoms with Crippen molar-refractivity contribution in [2.75, 3.05) is 0 Å². The molecule has 0 aliphatic carbocycles. The molecule has 104 valence electrons. The Morgan fingerprint density at radius 1 is 0.571 bits per heavy atom. The number of hydrogen-bond acceptors (Lipinski definition) is 3. The van der Waals surface area contributed by atoms with Gasteiger partial charge in [0.15, 0.2) is 0 Å². The van der Waals surface area contributed by atoms with Gasteiger partial charge in [-0.15, -0.1) is 0 Å². The summed E-state index contributed by atoms with van der Waals surface area (Å²) in [4.78, 5) is 0. The molecule has 3 nitrogen and oxygen atoms in total. The highest BCUT2D eigenvalue weighted by Crippen LogP contribution is 2.29. The Labute approximate surface area is 122 Å². The fourth-order valence-corrected chi connectivity index (χ4v) is 2.08. The summed E-state index contributed by atoms with van der Waals surface area (Å²) in [5.74, 6) is 1.68. The summed E-state index contributed by atoms with van der Waals surface area (Å²) in [6, 6.07) is 21.3. The van der Waals surface area contributed by atoms with Crippen LogP contribution in [-0.2, 0) is 0 Å². The Morgan fingerprint density at radius 3 is 1.95 bits per heavy atom. The molecule has 21 heavy (non-hydrogen) atoms. The molecule has 0 heterocycles. The van der Waals surface area contributed by atoms with Crippen molar-refractivity contribution >= 4 is 0 Å². The number of ether oxygens (including phenoxy) is 1. The molecule has 0 fully saturated rings. The van der Waals surface area contributed by atoms with E-state index < -0.39 is 0 Å². The van der Waals surface area contributed by atoms with Gasteiger partial charge >= 0.3 is 0 Å². The van der Waals surface area contributed by atoms with Crippen molar-refractivity contribution in [3.05, 3.63) is 72.8 Å². The van der Waals surface area contributed by atoms with Gasteiger partial charge in [-0.05, 0) is 47.5 Å². The van der Waals surface area contributed by atoms with Gasteiger partial charge in [0.1, 0.15) is 23.0 Å². The van der Waals surface area contributed by atoms with Crippen molar-refractivity contribution in [3.63, 3.8) is 0 Å². The summed E-state index contributed by atoms with van der Waals surface area (Å²) in [7, 11) is 0. The van der Waals surface area contributed by atoms with Crippen LogP contribution in [0.2, 0.25) is 0 Å². The zero-order chi connectivity index (χ0) is 14.7. The summed E-state index contributed by atoms with van der Waals surface area (Å²) in [6.07, 6.45) is 0. The first-order valence-electron chi connectivity index (χ1n) is 6.57. The third-order valence-corrected chi connectivity index (χ3v) is 3.09. The molecule has 0 amide bonds. The van der Waals surface area contributed by atoms with Crippen LogP contribution in [0.4, 0.5) is 0 Å². The maximum atomic E-state index is 9.45. The highest BCUT2D eigenvalue weighted by Gasteiger charge is 2.02. The first kappa shape index (κ1) is 13.1. The van der Waals surface area contributed by atoms with Gasteiger partial charge < -0.3 is 14.9 Å². The van der Waals surface area contributed by atoms with E-state index in [9.17, 15) is 10.2 Å². The Balaban J connectivity index is 1.88. The average molecular weight is 278 g/mol. The van der Waals surface area contributed by atoms with E-state index in [2.05, 4.69) is 0 Å². The number of phenolic OH excluding ortho intramolecular Hbond substituents is 2. The normalized spacial score (nSPS) is 10.3. The minimum Gasteiger partial charge on any atom is -0.508 e. The van der Waals surface area contributed by atoms with E-state index in [1.807, 2.05) is 36.4 Å². The maximum Gasteiger partial charge on any atom is 0.131 e. The topological polar surface area (TPSA) is 49.7 Å². The van der Waals surface area contributed by atoms with Gasteiger partial charge in [0.25, 0.3) is 0 Å². The first-order valence-corrected chi connectivity index (χ1v) is 6.57. The average Bonchev–Trinajstić information content (AvgIpc) is 2.48. The van der Waals surface area contributed by atoms with Crippen LogP contribution in [0.1, 0.15) is 0 Å². The largest absolute Gasteiger partial charge is 0.508 e. The van der Waals surface area contributed by atoms with Crippen LogP contribution < -0.4 is 4.74 Å². The van der Waals surface area contributed by atoms with Crippen LogP contribution in [0.15, 0.2) is 72.8 Å². The number of hydrogen-bond donors (Lipinski definition) is 2. The van der Waals surface area contributed by atoms with E-state index >= 15 is 0 Å². The van der Waals surface area contributed by atoms with Crippen LogP contribution in [0.3, 0.4) is 0 Å². The van der Waals surface area contributed by atoms with E-state index in [-0.39, 0.29) is 11.5 Å². The minimum absolute atomic E-state index is 0.169. The third-order valence-electron chi connectivity index (χ3n) is 3.09. The highest BCUT2D eigenvalue weighted by atomic mass is 16.5. The van der Waals surface area contributed by atoms with E-state index in [4.69, 9.17) is 4.74 Å². The lowest BCUT2D eigenvalue weighted by Crippen LogP contribution is -1.85. The Kier molecular flexibility index (Phi) is 3.48. The second kappa shape index (κ2) is 5.59. The molecule has 0 radical (unpaired) electrons. The SMILES string of the molecule is Oc1ccc(-c2cccc(Oc3cccc(O)c3)c2)cc1. The van der Waals surface area contributed by atoms with Crippen molar-refractivity contribution < 1.29 is 14.9 Å². The lowest BCUT2D eigenvalue weighted by molar-refractivity contribution is 0.455. The lowest BCUT2D eigenvalue weighted by atomic mass is 10.1. The second-order valence-corrected chi connectivity index (χ2v) is 4.67. The number of rotatable bonds is 3. The van der Waals surface area contributed by atoms with E-state index in [1.165, 1.54) is 0 Å². The van der Waals surface area contributed by atoms with Gasteiger partial charge in [-0.2, -0.15) is 0 Å². The molecule has 0 saturated carbocycles. The van der Waals surface area contributed by atoms with Gasteiger partial charge in [-0.3, -0.25) is 0 Å². The quantitative estimate of drug-likeness (QED) is 0.738. The van der Waals surface area contributed by atoms with Crippen LogP contribution in [0, 0.1) is 0 Å². The van der Waals surface area contributed by atoms with Gasteiger partial charge in [-0.25, -0.2) is 0 Å². The highest BCUT2D eigenvalue weighted by molar-refractivity contribution is 5.65. The molecule has 2 N–H and O–H groups in total. The molecule has 0 aliphatic heterocycles. The second-order valence-electron chi connectivity index (χ2n) is 4.67. The van der Waals surface area contributed by atoms with Gasteiger partial charge in [0, 0.05) is 6.07 Å². The van der Waals surface area contributed by atoms with Crippen molar-refractivity contribution in [1.82, 2.24) is 0 Å². The van der Waals surface area contributed by atoms with Gasteiger partial charge in [0.2, 0.25) is 0 Å². The molecule has 0 spiro atoms. The molecule has 3 aromatic rings. The molecule has 0 saturated heterocycles. The molecular formula is C18H14O3. The Bertz CT molecular complexity index is 748. The van der Waals surface area contributed by atoms with E-state index in [1.54, 1.807) is 36.4 Å². The van der Waals surface area contributed by atoms with E-state index in [0.29, 0.717) is 11.5 Å². The first-order chi connectivity index (χ1) is 10.2. The Morgan fingerprint density at radius 2 is 1.24 bits per heavy atom. The van der Waals surface area contributed by atoms with Crippen LogP contribution in [0.5, 0.6) is 23.0 Å². The molecule has 0 aliphatic rings. The van der Waals surface area contributed by atoms with Crippen LogP contribution in [0.25, 0.3) is 11.1 Å². The fourth-order valence-electron chi connectivity index (χ4n) is 2.08. The fraction of sp³-hybridized carbons (Fsp3) is 0. The molecule has 0 bridgehead atoms. The summed E-state index contributed by atoms with van der Waals surface area (Å²) in [6.45, 7) is 0. The van der Waals surface area contributed by atoms with E-state index in [0.717, 1.165) is 11.1 Å². The minimum atomic E-state index is 0.169. The molecule has 3 heteroatoms. The molecule has 3 aromatic carbocycles. The molecule has 0 unspecified atom stereocenters. The molecular weight excluding hydrogens is 264 g/mol. The van der Waals surface area contributed by atoms with Crippen LogP contribution >= 0.6 is 0 Å². The summed E-state index contributed by atoms with van der Waals surface area (Å²) >= 11 is 0. The summed E-state index contributed by atoms with van der Waals surface area (Å²) < 4.78 is 5.74. The number of benzene rings is 3. The van der Waals surface area contributed by atoms with Crippen LogP contribution in [-0.4, -0.2) is 10.2 Å². The monoisotopic (exact) mass is 278 g/mol. The smallest absolute Gasteiger partial charge is 0.131 e. The Hall–Kier alpha value is -2.94. The lowest BCUT2D eigenvalue weighted by Gasteiger charge is -2.08. The summed E-state index contributed by atoms with van der Waals surface area (Å²) in [5.41, 5.74) is 1.99. The number of aromatic hydroxyl groups is 2. The molecule has 0 atom stereocenters. The van der Waals surface area contributed by atoms with Crippen molar-refractivity contribution in [3.8, 4) is 34.1 Å². The predicted molar refractivity (Wildman–Crippen MR) is 81.7 cm³/mol. The third kappa shape index (κ3) is 3.15.